The lowest BCUT2D eigenvalue weighted by Crippen LogP contribution is -2.06. The van der Waals surface area contributed by atoms with Gasteiger partial charge in [0, 0.05) is 22.8 Å². The van der Waals surface area contributed by atoms with Crippen LogP contribution in [0, 0.1) is 0 Å². The van der Waals surface area contributed by atoms with Crippen molar-refractivity contribution in [3.63, 3.8) is 0 Å². The van der Waals surface area contributed by atoms with Gasteiger partial charge in [-0.25, -0.2) is 0 Å². The van der Waals surface area contributed by atoms with Crippen molar-refractivity contribution in [2.45, 2.75) is 0 Å². The minimum Gasteiger partial charge on any atom is -0.361 e. The van der Waals surface area contributed by atoms with Crippen LogP contribution in [0.2, 0.25) is 0 Å². The predicted molar refractivity (Wildman–Crippen MR) is 61.2 cm³/mol. The second-order valence-corrected chi connectivity index (χ2v) is 3.56. The summed E-state index contributed by atoms with van der Waals surface area (Å²) in [5, 5.41) is 1.77. The molecular weight excluding hydrogens is 186 g/mol. The second kappa shape index (κ2) is 2.95. The van der Waals surface area contributed by atoms with Crippen LogP contribution >= 0.6 is 0 Å². The van der Waals surface area contributed by atoms with Gasteiger partial charge in [-0.3, -0.25) is 4.79 Å². The fraction of sp³-hybridized carbons (Fsp3) is 0. The van der Waals surface area contributed by atoms with Crippen molar-refractivity contribution < 1.29 is 0 Å². The van der Waals surface area contributed by atoms with Crippen LogP contribution in [0.3, 0.4) is 0 Å². The molecule has 1 aliphatic heterocycles. The molecule has 0 aromatic heterocycles. The number of nitrogens with one attached hydrogen (secondary N) is 1. The number of rotatable bonds is 0. The van der Waals surface area contributed by atoms with Crippen LogP contribution in [-0.2, 0) is 0 Å². The zero-order chi connectivity index (χ0) is 10.3. The fourth-order valence-corrected chi connectivity index (χ4v) is 1.90. The minimum absolute atomic E-state index is 0.0972. The molecular formula is C13H9NO. The smallest absolute Gasteiger partial charge is 0.195 e. The van der Waals surface area contributed by atoms with Crippen LogP contribution in [-0.4, -0.2) is 4.98 Å². The molecule has 0 saturated heterocycles. The molecule has 0 amide bonds. The Morgan fingerprint density at radius 2 is 1.87 bits per heavy atom. The molecule has 2 aliphatic rings. The number of fused-ring (bicyclic) bond motifs is 2. The highest BCUT2D eigenvalue weighted by Crippen LogP contribution is 2.20. The van der Waals surface area contributed by atoms with Gasteiger partial charge in [-0.1, -0.05) is 24.3 Å². The monoisotopic (exact) mass is 195 g/mol. The van der Waals surface area contributed by atoms with Gasteiger partial charge in [-0.15, -0.1) is 0 Å². The normalized spacial score (nSPS) is 10.9. The summed E-state index contributed by atoms with van der Waals surface area (Å²) in [5.74, 6) is 0. The number of H-pyrrole nitrogens is 1. The number of hydrogen-bond acceptors (Lipinski definition) is 1. The van der Waals surface area contributed by atoms with E-state index < -0.39 is 0 Å². The Hall–Kier alpha value is -2.09. The second-order valence-electron chi connectivity index (χ2n) is 3.56. The topological polar surface area (TPSA) is 32.9 Å². The lowest BCUT2D eigenvalue weighted by Gasteiger charge is -2.05. The van der Waals surface area contributed by atoms with Gasteiger partial charge in [0.1, 0.15) is 0 Å². The van der Waals surface area contributed by atoms with Crippen molar-refractivity contribution >= 4 is 10.8 Å². The molecule has 15 heavy (non-hydrogen) atoms. The van der Waals surface area contributed by atoms with Gasteiger partial charge < -0.3 is 4.98 Å². The van der Waals surface area contributed by atoms with E-state index in [1.807, 2.05) is 48.7 Å². The van der Waals surface area contributed by atoms with Crippen molar-refractivity contribution in [3.05, 3.63) is 58.9 Å². The highest BCUT2D eigenvalue weighted by Gasteiger charge is 2.08. The first kappa shape index (κ1) is 8.24. The van der Waals surface area contributed by atoms with Crippen molar-refractivity contribution in [2.75, 3.05) is 0 Å². The highest BCUT2D eigenvalue weighted by molar-refractivity contribution is 5.89. The molecule has 2 nitrogen and oxygen atoms in total. The molecule has 1 heterocycles. The number of aromatic nitrogens is 1. The average Bonchev–Trinajstić information content (AvgIpc) is 2.30. The van der Waals surface area contributed by atoms with Crippen LogP contribution in [0.4, 0.5) is 0 Å². The molecule has 0 bridgehead atoms. The first-order valence-electron chi connectivity index (χ1n) is 4.85. The lowest BCUT2D eigenvalue weighted by atomic mass is 10.0. The predicted octanol–water partition coefficient (Wildman–Crippen LogP) is 2.63. The van der Waals surface area contributed by atoms with Gasteiger partial charge in [0.25, 0.3) is 0 Å². The van der Waals surface area contributed by atoms with E-state index in [1.165, 1.54) is 0 Å². The van der Waals surface area contributed by atoms with E-state index in [0.717, 1.165) is 22.0 Å². The zero-order valence-corrected chi connectivity index (χ0v) is 8.03. The maximum absolute atomic E-state index is 12.1. The summed E-state index contributed by atoms with van der Waals surface area (Å²) in [6, 6.07) is 13.4. The molecule has 0 spiro atoms. The standard InChI is InChI=1S/C13H9NO/c15-13-10-5-2-1-4-9(10)8-12-11(13)6-3-7-14-12/h1-8,14H. The number of pyridine rings is 1. The first-order chi connectivity index (χ1) is 7.36. The fourth-order valence-electron chi connectivity index (χ4n) is 1.90. The van der Waals surface area contributed by atoms with Crippen LogP contribution < -0.4 is 5.43 Å². The third-order valence-corrected chi connectivity index (χ3v) is 2.64. The highest BCUT2D eigenvalue weighted by atomic mass is 16.1. The molecule has 3 rings (SSSR count). The van der Waals surface area contributed by atoms with Gasteiger partial charge in [0.05, 0.1) is 0 Å². The van der Waals surface area contributed by atoms with E-state index >= 15 is 0 Å². The lowest BCUT2D eigenvalue weighted by molar-refractivity contribution is 1.32. The van der Waals surface area contributed by atoms with Crippen LogP contribution in [0.1, 0.15) is 0 Å². The maximum Gasteiger partial charge on any atom is 0.195 e. The molecule has 1 N–H and O–H groups in total. The van der Waals surface area contributed by atoms with E-state index in [4.69, 9.17) is 0 Å². The molecule has 0 unspecified atom stereocenters. The summed E-state index contributed by atoms with van der Waals surface area (Å²) >= 11 is 0. The Morgan fingerprint density at radius 3 is 2.80 bits per heavy atom. The molecule has 72 valence electrons. The van der Waals surface area contributed by atoms with E-state index in [2.05, 4.69) is 4.98 Å². The van der Waals surface area contributed by atoms with Crippen molar-refractivity contribution in [3.8, 4) is 11.3 Å². The summed E-state index contributed by atoms with van der Waals surface area (Å²) < 4.78 is 0. The molecule has 0 fully saturated rings. The molecule has 0 saturated carbocycles. The zero-order valence-electron chi connectivity index (χ0n) is 8.03. The summed E-state index contributed by atoms with van der Waals surface area (Å²) in [6.07, 6.45) is 1.83. The van der Waals surface area contributed by atoms with Crippen molar-refractivity contribution in [1.29, 1.82) is 0 Å². The van der Waals surface area contributed by atoms with Crippen LogP contribution in [0.25, 0.3) is 22.0 Å². The number of benzene rings is 2. The largest absolute Gasteiger partial charge is 0.361 e. The van der Waals surface area contributed by atoms with Crippen LogP contribution in [0.15, 0.2) is 53.5 Å². The third kappa shape index (κ3) is 1.15. The maximum atomic E-state index is 12.1. The summed E-state index contributed by atoms with van der Waals surface area (Å²) in [5.41, 5.74) is 1.73. The number of hydrogen-bond donors (Lipinski definition) is 1. The molecule has 1 aliphatic carbocycles. The van der Waals surface area contributed by atoms with E-state index in [1.54, 1.807) is 0 Å². The molecule has 0 radical (unpaired) electrons. The molecule has 2 heteroatoms. The number of aromatic amines is 1. The molecule has 0 atom stereocenters. The Bertz CT molecular complexity index is 653. The molecule has 1 aromatic rings. The van der Waals surface area contributed by atoms with Crippen molar-refractivity contribution in [1.82, 2.24) is 4.98 Å². The Balaban J connectivity index is 2.62. The summed E-state index contributed by atoms with van der Waals surface area (Å²) in [7, 11) is 0. The Morgan fingerprint density at radius 1 is 1.00 bits per heavy atom. The van der Waals surface area contributed by atoms with Gasteiger partial charge in [0.15, 0.2) is 5.43 Å². The molecule has 1 aromatic carbocycles. The SMILES string of the molecule is O=c1c2ccc[nH]c-2cc2ccccc12. The quantitative estimate of drug-likeness (QED) is 0.549. The third-order valence-electron chi connectivity index (χ3n) is 2.64. The summed E-state index contributed by atoms with van der Waals surface area (Å²) in [4.78, 5) is 15.2. The van der Waals surface area contributed by atoms with Gasteiger partial charge in [0.2, 0.25) is 0 Å². The van der Waals surface area contributed by atoms with Gasteiger partial charge in [-0.2, -0.15) is 0 Å². The summed E-state index contributed by atoms with van der Waals surface area (Å²) in [6.45, 7) is 0. The first-order valence-corrected chi connectivity index (χ1v) is 4.85. The Kier molecular flexibility index (Phi) is 1.62. The van der Waals surface area contributed by atoms with E-state index in [0.29, 0.717) is 0 Å². The van der Waals surface area contributed by atoms with Crippen molar-refractivity contribution in [2.24, 2.45) is 0 Å². The van der Waals surface area contributed by atoms with E-state index in [9.17, 15) is 4.79 Å². The average molecular weight is 195 g/mol. The Labute approximate surface area is 86.5 Å². The van der Waals surface area contributed by atoms with Gasteiger partial charge in [-0.05, 0) is 23.6 Å². The van der Waals surface area contributed by atoms with Gasteiger partial charge >= 0.3 is 0 Å². The minimum atomic E-state index is 0.0972. The van der Waals surface area contributed by atoms with E-state index in [-0.39, 0.29) is 5.43 Å². The van der Waals surface area contributed by atoms with Crippen LogP contribution in [0.5, 0.6) is 0 Å².